The van der Waals surface area contributed by atoms with Crippen LogP contribution in [0.4, 0.5) is 0 Å². The van der Waals surface area contributed by atoms with E-state index in [0.717, 1.165) is 5.56 Å². The van der Waals surface area contributed by atoms with Crippen molar-refractivity contribution < 1.29 is 24.5 Å². The first kappa shape index (κ1) is 18.3. The molecule has 0 radical (unpaired) electrons. The van der Waals surface area contributed by atoms with Crippen LogP contribution in [0.3, 0.4) is 0 Å². The number of amides is 1. The number of esters is 1. The monoisotopic (exact) mass is 366 g/mol. The molecule has 0 aliphatic heterocycles. The molecule has 2 aromatic carbocycles. The molecule has 0 saturated heterocycles. The van der Waals surface area contributed by atoms with E-state index in [1.54, 1.807) is 30.3 Å². The third-order valence-corrected chi connectivity index (χ3v) is 3.99. The Morgan fingerprint density at radius 3 is 2.59 bits per heavy atom. The topological polar surface area (TPSA) is 109 Å². The molecule has 0 aliphatic carbocycles. The lowest BCUT2D eigenvalue weighted by molar-refractivity contribution is -0.148. The summed E-state index contributed by atoms with van der Waals surface area (Å²) >= 11 is 0. The second kappa shape index (κ2) is 8.29. The third kappa shape index (κ3) is 4.21. The highest BCUT2D eigenvalue weighted by Crippen LogP contribution is 2.26. The second-order valence-electron chi connectivity index (χ2n) is 5.84. The van der Waals surface area contributed by atoms with Gasteiger partial charge in [0, 0.05) is 11.6 Å². The predicted octanol–water partition coefficient (Wildman–Crippen LogP) is 1.77. The Morgan fingerprint density at radius 2 is 1.85 bits per heavy atom. The molecular formula is C20H18N2O5. The van der Waals surface area contributed by atoms with Crippen LogP contribution in [0, 0.1) is 0 Å². The van der Waals surface area contributed by atoms with Crippen molar-refractivity contribution in [3.05, 3.63) is 71.9 Å². The number of carbonyl (C=O) groups is 2. The molecule has 0 saturated carbocycles. The lowest BCUT2D eigenvalue weighted by Crippen LogP contribution is -2.44. The van der Waals surface area contributed by atoms with Crippen LogP contribution >= 0.6 is 0 Å². The molecule has 1 amide bonds. The van der Waals surface area contributed by atoms with Gasteiger partial charge >= 0.3 is 5.97 Å². The zero-order valence-corrected chi connectivity index (χ0v) is 14.3. The average molecular weight is 366 g/mol. The maximum absolute atomic E-state index is 12.4. The van der Waals surface area contributed by atoms with Crippen molar-refractivity contribution in [2.75, 3.05) is 6.61 Å². The smallest absolute Gasteiger partial charge is 0.331 e. The number of rotatable bonds is 6. The molecule has 0 unspecified atom stereocenters. The number of aliphatic hydroxyl groups excluding tert-OH is 1. The van der Waals surface area contributed by atoms with Gasteiger partial charge in [0.2, 0.25) is 0 Å². The van der Waals surface area contributed by atoms with E-state index < -0.39 is 24.5 Å². The molecule has 7 heteroatoms. The lowest BCUT2D eigenvalue weighted by Gasteiger charge is -2.16. The van der Waals surface area contributed by atoms with Crippen molar-refractivity contribution in [2.24, 2.45) is 0 Å². The first-order valence-electron chi connectivity index (χ1n) is 8.29. The van der Waals surface area contributed by atoms with Crippen molar-refractivity contribution in [1.82, 2.24) is 10.3 Å². The van der Waals surface area contributed by atoms with E-state index in [1.807, 2.05) is 18.2 Å². The van der Waals surface area contributed by atoms with Crippen LogP contribution in [0.2, 0.25) is 0 Å². The Kier molecular flexibility index (Phi) is 5.63. The summed E-state index contributed by atoms with van der Waals surface area (Å²) in [4.78, 5) is 28.6. The maximum Gasteiger partial charge on any atom is 0.331 e. The minimum atomic E-state index is -1.25. The van der Waals surface area contributed by atoms with Gasteiger partial charge in [0.15, 0.2) is 11.8 Å². The summed E-state index contributed by atoms with van der Waals surface area (Å²) in [6, 6.07) is 14.3. The highest BCUT2D eigenvalue weighted by Gasteiger charge is 2.24. The molecule has 3 N–H and O–H groups in total. The summed E-state index contributed by atoms with van der Waals surface area (Å²) in [5.74, 6) is -1.77. The molecule has 138 valence electrons. The summed E-state index contributed by atoms with van der Waals surface area (Å²) in [5, 5.41) is 22.8. The number of phenols is 1. The normalized spacial score (nSPS) is 11.7. The number of aromatic hydroxyl groups is 1. The van der Waals surface area contributed by atoms with E-state index in [-0.39, 0.29) is 23.4 Å². The molecule has 0 spiro atoms. The molecule has 1 aromatic heterocycles. The zero-order chi connectivity index (χ0) is 19.2. The average Bonchev–Trinajstić information content (AvgIpc) is 2.71. The minimum absolute atomic E-state index is 0.0250. The molecule has 3 aromatic rings. The largest absolute Gasteiger partial charge is 0.505 e. The maximum atomic E-state index is 12.4. The Labute approximate surface area is 155 Å². The standard InChI is InChI=1S/C20H18N2O5/c23-11-16(20(26)27-12-13-5-2-1-3-6-13)22-19(25)15-9-8-14-7-4-10-21-17(14)18(15)24/h1-10,16,23-24H,11-12H2,(H,22,25)/t16-/m0/s1. The van der Waals surface area contributed by atoms with E-state index in [1.165, 1.54) is 12.3 Å². The highest BCUT2D eigenvalue weighted by molar-refractivity contribution is 6.03. The number of nitrogens with one attached hydrogen (secondary N) is 1. The lowest BCUT2D eigenvalue weighted by atomic mass is 10.1. The fraction of sp³-hybridized carbons (Fsp3) is 0.150. The number of phenolic OH excluding ortho intramolecular Hbond substituents is 1. The minimum Gasteiger partial charge on any atom is -0.505 e. The number of benzene rings is 2. The van der Waals surface area contributed by atoms with Crippen molar-refractivity contribution in [2.45, 2.75) is 12.6 Å². The summed E-state index contributed by atoms with van der Waals surface area (Å²) in [7, 11) is 0. The van der Waals surface area contributed by atoms with Crippen molar-refractivity contribution in [1.29, 1.82) is 0 Å². The molecule has 0 bridgehead atoms. The van der Waals surface area contributed by atoms with Gasteiger partial charge in [-0.1, -0.05) is 42.5 Å². The summed E-state index contributed by atoms with van der Waals surface area (Å²) < 4.78 is 5.13. The number of hydrogen-bond acceptors (Lipinski definition) is 6. The molecule has 0 fully saturated rings. The van der Waals surface area contributed by atoms with E-state index in [9.17, 15) is 19.8 Å². The van der Waals surface area contributed by atoms with Crippen LogP contribution in [0.1, 0.15) is 15.9 Å². The van der Waals surface area contributed by atoms with Crippen LogP contribution in [0.25, 0.3) is 10.9 Å². The van der Waals surface area contributed by atoms with E-state index in [4.69, 9.17) is 4.74 Å². The molecule has 27 heavy (non-hydrogen) atoms. The van der Waals surface area contributed by atoms with E-state index in [0.29, 0.717) is 5.39 Å². The molecular weight excluding hydrogens is 348 g/mol. The van der Waals surface area contributed by atoms with Crippen molar-refractivity contribution in [3.63, 3.8) is 0 Å². The highest BCUT2D eigenvalue weighted by atomic mass is 16.5. The van der Waals surface area contributed by atoms with Gasteiger partial charge in [-0.05, 0) is 17.7 Å². The number of ether oxygens (including phenoxy) is 1. The molecule has 3 rings (SSSR count). The Morgan fingerprint density at radius 1 is 1.07 bits per heavy atom. The SMILES string of the molecule is O=C(N[C@@H](CO)C(=O)OCc1ccccc1)c1ccc2cccnc2c1O. The number of aromatic nitrogens is 1. The predicted molar refractivity (Wildman–Crippen MR) is 98.0 cm³/mol. The fourth-order valence-corrected chi connectivity index (χ4v) is 2.56. The van der Waals surface area contributed by atoms with Crippen molar-refractivity contribution >= 4 is 22.8 Å². The summed E-state index contributed by atoms with van der Waals surface area (Å²) in [6.07, 6.45) is 1.50. The molecule has 1 heterocycles. The van der Waals surface area contributed by atoms with Crippen LogP contribution in [0.15, 0.2) is 60.8 Å². The number of carbonyl (C=O) groups excluding carboxylic acids is 2. The Hall–Kier alpha value is -3.45. The van der Waals surface area contributed by atoms with E-state index in [2.05, 4.69) is 10.3 Å². The van der Waals surface area contributed by atoms with Gasteiger partial charge in [-0.25, -0.2) is 4.79 Å². The summed E-state index contributed by atoms with van der Waals surface area (Å²) in [5.41, 5.74) is 1.01. The van der Waals surface area contributed by atoms with Gasteiger partial charge in [0.25, 0.3) is 5.91 Å². The van der Waals surface area contributed by atoms with Gasteiger partial charge < -0.3 is 20.3 Å². The number of pyridine rings is 1. The van der Waals surface area contributed by atoms with Crippen LogP contribution < -0.4 is 5.32 Å². The second-order valence-corrected chi connectivity index (χ2v) is 5.84. The molecule has 0 aliphatic rings. The molecule has 1 atom stereocenters. The van der Waals surface area contributed by atoms with Crippen LogP contribution in [0.5, 0.6) is 5.75 Å². The number of aliphatic hydroxyl groups is 1. The fourth-order valence-electron chi connectivity index (χ4n) is 2.56. The third-order valence-electron chi connectivity index (χ3n) is 3.99. The van der Waals surface area contributed by atoms with E-state index >= 15 is 0 Å². The number of nitrogens with zero attached hydrogens (tertiary/aromatic N) is 1. The van der Waals surface area contributed by atoms with Crippen molar-refractivity contribution in [3.8, 4) is 5.75 Å². The quantitative estimate of drug-likeness (QED) is 0.574. The van der Waals surface area contributed by atoms with Gasteiger partial charge in [-0.3, -0.25) is 9.78 Å². The van der Waals surface area contributed by atoms with Crippen LogP contribution in [-0.4, -0.2) is 39.7 Å². The summed E-state index contributed by atoms with van der Waals surface area (Å²) in [6.45, 7) is -0.608. The first-order valence-corrected chi connectivity index (χ1v) is 8.29. The Bertz CT molecular complexity index is 959. The van der Waals surface area contributed by atoms with Crippen LogP contribution in [-0.2, 0) is 16.1 Å². The Balaban J connectivity index is 1.69. The van der Waals surface area contributed by atoms with Gasteiger partial charge in [-0.2, -0.15) is 0 Å². The molecule has 7 nitrogen and oxygen atoms in total. The zero-order valence-electron chi connectivity index (χ0n) is 14.3. The van der Waals surface area contributed by atoms with Gasteiger partial charge in [-0.15, -0.1) is 0 Å². The number of fused-ring (bicyclic) bond motifs is 1. The van der Waals surface area contributed by atoms with Gasteiger partial charge in [0.1, 0.15) is 12.1 Å². The first-order chi connectivity index (χ1) is 13.1. The number of hydrogen-bond donors (Lipinski definition) is 3. The van der Waals surface area contributed by atoms with Gasteiger partial charge in [0.05, 0.1) is 12.2 Å².